The topological polar surface area (TPSA) is 87.5 Å². The van der Waals surface area contributed by atoms with Crippen LogP contribution >= 0.6 is 0 Å². The summed E-state index contributed by atoms with van der Waals surface area (Å²) in [6, 6.07) is 0.241. The Morgan fingerprint density at radius 1 is 1.06 bits per heavy atom. The van der Waals surface area contributed by atoms with E-state index in [9.17, 15) is 8.42 Å². The van der Waals surface area contributed by atoms with E-state index in [1.165, 1.54) is 0 Å². The zero-order valence-electron chi connectivity index (χ0n) is 10.1. The number of hydrogen-bond acceptors (Lipinski definition) is 4. The molecule has 1 heterocycles. The largest absolute Gasteiger partial charge is 0.329 e. The summed E-state index contributed by atoms with van der Waals surface area (Å²) in [5, 5.41) is 0. The third-order valence-corrected chi connectivity index (χ3v) is 4.54. The molecule has 0 bridgehead atoms. The number of nitrogens with zero attached hydrogens (tertiary/aromatic N) is 1. The molecule has 4 N–H and O–H groups in total. The Bertz CT molecular complexity index is 334. The molecule has 2 rings (SSSR count). The van der Waals surface area contributed by atoms with Gasteiger partial charge in [0.2, 0.25) is 0 Å². The summed E-state index contributed by atoms with van der Waals surface area (Å²) >= 11 is 0. The lowest BCUT2D eigenvalue weighted by molar-refractivity contribution is 0.212. The fraction of sp³-hybridized carbons (Fsp3) is 1.00. The van der Waals surface area contributed by atoms with Crippen molar-refractivity contribution in [3.05, 3.63) is 0 Å². The number of piperidine rings is 1. The van der Waals surface area contributed by atoms with Gasteiger partial charge < -0.3 is 10.6 Å². The van der Waals surface area contributed by atoms with Crippen LogP contribution < -0.4 is 15.2 Å². The van der Waals surface area contributed by atoms with Crippen molar-refractivity contribution in [2.45, 2.75) is 37.8 Å². The molecule has 2 fully saturated rings. The molecule has 1 saturated carbocycles. The van der Waals surface area contributed by atoms with Gasteiger partial charge in [-0.15, -0.1) is 0 Å². The molecule has 0 amide bonds. The van der Waals surface area contributed by atoms with Crippen molar-refractivity contribution in [1.82, 2.24) is 14.3 Å². The zero-order valence-corrected chi connectivity index (χ0v) is 10.9. The second-order valence-corrected chi connectivity index (χ2v) is 6.40. The molecule has 0 spiro atoms. The van der Waals surface area contributed by atoms with Gasteiger partial charge in [0.15, 0.2) is 0 Å². The van der Waals surface area contributed by atoms with Crippen LogP contribution in [0.15, 0.2) is 0 Å². The normalized spacial score (nSPS) is 24.1. The van der Waals surface area contributed by atoms with Crippen molar-refractivity contribution in [2.75, 3.05) is 26.2 Å². The minimum absolute atomic E-state index is 0.0697. The van der Waals surface area contributed by atoms with E-state index in [2.05, 4.69) is 14.3 Å². The first-order valence-corrected chi connectivity index (χ1v) is 7.79. The highest BCUT2D eigenvalue weighted by atomic mass is 32.2. The van der Waals surface area contributed by atoms with Crippen molar-refractivity contribution >= 4 is 10.2 Å². The molecule has 1 saturated heterocycles. The Hall–Kier alpha value is -0.210. The average Bonchev–Trinajstić information content (AvgIpc) is 3.04. The van der Waals surface area contributed by atoms with E-state index in [4.69, 9.17) is 5.73 Å². The predicted molar refractivity (Wildman–Crippen MR) is 66.7 cm³/mol. The summed E-state index contributed by atoms with van der Waals surface area (Å²) in [5.41, 5.74) is 5.49. The maximum absolute atomic E-state index is 11.7. The van der Waals surface area contributed by atoms with Crippen molar-refractivity contribution in [2.24, 2.45) is 5.73 Å². The van der Waals surface area contributed by atoms with Gasteiger partial charge in [-0.1, -0.05) is 0 Å². The number of nitrogens with two attached hydrogens (primary N) is 1. The van der Waals surface area contributed by atoms with Gasteiger partial charge in [0.1, 0.15) is 0 Å². The van der Waals surface area contributed by atoms with Crippen LogP contribution in [-0.2, 0) is 10.2 Å². The van der Waals surface area contributed by atoms with Gasteiger partial charge in [-0.05, 0) is 38.8 Å². The molecule has 1 aliphatic heterocycles. The quantitative estimate of drug-likeness (QED) is 0.573. The molecule has 0 unspecified atom stereocenters. The second-order valence-electron chi connectivity index (χ2n) is 4.92. The Labute approximate surface area is 103 Å². The van der Waals surface area contributed by atoms with Crippen molar-refractivity contribution in [3.63, 3.8) is 0 Å². The van der Waals surface area contributed by atoms with Crippen LogP contribution in [-0.4, -0.2) is 51.6 Å². The van der Waals surface area contributed by atoms with Crippen molar-refractivity contribution in [1.29, 1.82) is 0 Å². The first-order chi connectivity index (χ1) is 8.09. The van der Waals surface area contributed by atoms with Gasteiger partial charge in [-0.3, -0.25) is 0 Å². The zero-order chi connectivity index (χ0) is 12.3. The molecule has 0 aromatic carbocycles. The molecule has 0 radical (unpaired) electrons. The van der Waals surface area contributed by atoms with Crippen LogP contribution in [0.5, 0.6) is 0 Å². The third-order valence-electron chi connectivity index (χ3n) is 3.25. The fourth-order valence-corrected chi connectivity index (χ4v) is 3.55. The van der Waals surface area contributed by atoms with Crippen LogP contribution in [0.1, 0.15) is 25.7 Å². The number of nitrogens with one attached hydrogen (secondary N) is 2. The monoisotopic (exact) mass is 262 g/mol. The minimum atomic E-state index is -3.29. The summed E-state index contributed by atoms with van der Waals surface area (Å²) in [5.74, 6) is 0. The van der Waals surface area contributed by atoms with Gasteiger partial charge in [0.25, 0.3) is 10.2 Å². The van der Waals surface area contributed by atoms with Crippen LogP contribution in [0.4, 0.5) is 0 Å². The molecule has 6 nitrogen and oxygen atoms in total. The number of rotatable bonds is 6. The molecule has 0 atom stereocenters. The van der Waals surface area contributed by atoms with Gasteiger partial charge in [-0.25, -0.2) is 0 Å². The Morgan fingerprint density at radius 2 is 1.59 bits per heavy atom. The lowest BCUT2D eigenvalue weighted by Crippen LogP contribution is -2.49. The van der Waals surface area contributed by atoms with Gasteiger partial charge in [-0.2, -0.15) is 17.9 Å². The molecule has 7 heteroatoms. The van der Waals surface area contributed by atoms with Crippen LogP contribution in [0.2, 0.25) is 0 Å². The minimum Gasteiger partial charge on any atom is -0.329 e. The van der Waals surface area contributed by atoms with E-state index >= 15 is 0 Å². The SMILES string of the molecule is NCCN1CCC(NS(=O)(=O)NC2CC2)CC1. The summed E-state index contributed by atoms with van der Waals surface area (Å²) < 4.78 is 28.8. The lowest BCUT2D eigenvalue weighted by Gasteiger charge is -2.31. The maximum Gasteiger partial charge on any atom is 0.277 e. The Morgan fingerprint density at radius 3 is 2.06 bits per heavy atom. The molecule has 17 heavy (non-hydrogen) atoms. The highest BCUT2D eigenvalue weighted by Crippen LogP contribution is 2.19. The van der Waals surface area contributed by atoms with Gasteiger partial charge in [0.05, 0.1) is 0 Å². The molecule has 2 aliphatic rings. The van der Waals surface area contributed by atoms with E-state index < -0.39 is 10.2 Å². The van der Waals surface area contributed by atoms with Crippen molar-refractivity contribution in [3.8, 4) is 0 Å². The first-order valence-electron chi connectivity index (χ1n) is 6.31. The summed E-state index contributed by atoms with van der Waals surface area (Å²) in [6.07, 6.45) is 3.67. The molecule has 0 aromatic heterocycles. The third kappa shape index (κ3) is 4.51. The van der Waals surface area contributed by atoms with Crippen LogP contribution in [0.3, 0.4) is 0 Å². The molecular weight excluding hydrogens is 240 g/mol. The standard InChI is InChI=1S/C10H22N4O2S/c11-5-8-14-6-3-10(4-7-14)13-17(15,16)12-9-1-2-9/h9-10,12-13H,1-8,11H2. The Balaban J connectivity index is 1.73. The Kier molecular flexibility index (Phi) is 4.37. The summed E-state index contributed by atoms with van der Waals surface area (Å²) in [7, 11) is -3.29. The summed E-state index contributed by atoms with van der Waals surface area (Å²) in [4.78, 5) is 2.28. The lowest BCUT2D eigenvalue weighted by atomic mass is 10.1. The number of hydrogen-bond donors (Lipinski definition) is 3. The average molecular weight is 262 g/mol. The predicted octanol–water partition coefficient (Wildman–Crippen LogP) is -1.00. The number of likely N-dealkylation sites (tertiary alicyclic amines) is 1. The highest BCUT2D eigenvalue weighted by Gasteiger charge is 2.29. The van der Waals surface area contributed by atoms with E-state index in [0.717, 1.165) is 45.3 Å². The van der Waals surface area contributed by atoms with E-state index in [0.29, 0.717) is 6.54 Å². The second kappa shape index (κ2) is 5.62. The first kappa shape index (κ1) is 13.2. The van der Waals surface area contributed by atoms with Gasteiger partial charge >= 0.3 is 0 Å². The molecule has 0 aromatic rings. The summed E-state index contributed by atoms with van der Waals surface area (Å²) in [6.45, 7) is 3.42. The van der Waals surface area contributed by atoms with Crippen LogP contribution in [0, 0.1) is 0 Å². The maximum atomic E-state index is 11.7. The van der Waals surface area contributed by atoms with E-state index in [1.54, 1.807) is 0 Å². The highest BCUT2D eigenvalue weighted by molar-refractivity contribution is 7.87. The van der Waals surface area contributed by atoms with E-state index in [1.807, 2.05) is 0 Å². The van der Waals surface area contributed by atoms with E-state index in [-0.39, 0.29) is 12.1 Å². The fourth-order valence-electron chi connectivity index (χ4n) is 2.13. The van der Waals surface area contributed by atoms with Crippen molar-refractivity contribution < 1.29 is 8.42 Å². The van der Waals surface area contributed by atoms with Crippen LogP contribution in [0.25, 0.3) is 0 Å². The molecule has 100 valence electrons. The smallest absolute Gasteiger partial charge is 0.277 e. The molecule has 1 aliphatic carbocycles. The van der Waals surface area contributed by atoms with Gasteiger partial charge in [0, 0.05) is 25.2 Å². The molecular formula is C10H22N4O2S.